The zero-order chi connectivity index (χ0) is 13.1. The van der Waals surface area contributed by atoms with Crippen molar-refractivity contribution in [1.29, 1.82) is 0 Å². The maximum Gasteiger partial charge on any atom is 0.222 e. The van der Waals surface area contributed by atoms with Crippen LogP contribution in [0.2, 0.25) is 0 Å². The van der Waals surface area contributed by atoms with Crippen LogP contribution in [0.1, 0.15) is 70.6 Å². The molecule has 0 radical (unpaired) electrons. The first-order valence-corrected chi connectivity index (χ1v) is 7.82. The van der Waals surface area contributed by atoms with Crippen molar-refractivity contribution in [2.75, 3.05) is 19.6 Å². The standard InChI is InChI=1S/C15H30N2O/c16-12-10-14-17-13-9-7-5-3-1-2-4-6-8-11-15(17)18/h1-14,16H2. The molecule has 0 bridgehead atoms. The molecular formula is C15H30N2O. The van der Waals surface area contributed by atoms with Gasteiger partial charge >= 0.3 is 0 Å². The Morgan fingerprint density at radius 2 is 1.44 bits per heavy atom. The van der Waals surface area contributed by atoms with Crippen LogP contribution >= 0.6 is 0 Å². The van der Waals surface area contributed by atoms with Gasteiger partial charge in [0, 0.05) is 19.5 Å². The molecule has 3 heteroatoms. The van der Waals surface area contributed by atoms with E-state index in [1.165, 1.54) is 44.9 Å². The first-order valence-electron chi connectivity index (χ1n) is 7.82. The Kier molecular flexibility index (Phi) is 8.92. The fourth-order valence-electron chi connectivity index (χ4n) is 2.62. The number of hydrogen-bond donors (Lipinski definition) is 1. The third kappa shape index (κ3) is 7.00. The van der Waals surface area contributed by atoms with Crippen LogP contribution < -0.4 is 5.73 Å². The average molecular weight is 254 g/mol. The van der Waals surface area contributed by atoms with Gasteiger partial charge < -0.3 is 10.6 Å². The van der Waals surface area contributed by atoms with Crippen LogP contribution in [0, 0.1) is 0 Å². The third-order valence-electron chi connectivity index (χ3n) is 3.80. The summed E-state index contributed by atoms with van der Waals surface area (Å²) in [6.45, 7) is 2.48. The van der Waals surface area contributed by atoms with E-state index in [2.05, 4.69) is 0 Å². The number of hydrogen-bond acceptors (Lipinski definition) is 2. The number of carbonyl (C=O) groups excluding carboxylic acids is 1. The van der Waals surface area contributed by atoms with Gasteiger partial charge in [-0.25, -0.2) is 0 Å². The SMILES string of the molecule is NCCCN1CCCCCCCCCCCC1=O. The maximum absolute atomic E-state index is 12.1. The quantitative estimate of drug-likeness (QED) is 0.841. The summed E-state index contributed by atoms with van der Waals surface area (Å²) in [4.78, 5) is 14.2. The third-order valence-corrected chi connectivity index (χ3v) is 3.80. The summed E-state index contributed by atoms with van der Waals surface area (Å²) in [6, 6.07) is 0. The van der Waals surface area contributed by atoms with Gasteiger partial charge in [-0.3, -0.25) is 4.79 Å². The molecule has 3 nitrogen and oxygen atoms in total. The molecule has 1 fully saturated rings. The minimum atomic E-state index is 0.350. The largest absolute Gasteiger partial charge is 0.343 e. The lowest BCUT2D eigenvalue weighted by Crippen LogP contribution is -2.33. The van der Waals surface area contributed by atoms with Crippen molar-refractivity contribution in [1.82, 2.24) is 4.90 Å². The topological polar surface area (TPSA) is 46.3 Å². The highest BCUT2D eigenvalue weighted by Gasteiger charge is 2.12. The highest BCUT2D eigenvalue weighted by Crippen LogP contribution is 2.13. The number of nitrogens with two attached hydrogens (primary N) is 1. The molecular weight excluding hydrogens is 224 g/mol. The summed E-state index contributed by atoms with van der Waals surface area (Å²) < 4.78 is 0. The minimum absolute atomic E-state index is 0.350. The smallest absolute Gasteiger partial charge is 0.222 e. The molecule has 0 unspecified atom stereocenters. The molecule has 0 aromatic heterocycles. The number of rotatable bonds is 3. The molecule has 106 valence electrons. The van der Waals surface area contributed by atoms with Crippen LogP contribution in [0.5, 0.6) is 0 Å². The molecule has 1 rings (SSSR count). The summed E-state index contributed by atoms with van der Waals surface area (Å²) >= 11 is 0. The molecule has 1 aliphatic rings. The molecule has 0 aromatic carbocycles. The summed E-state index contributed by atoms with van der Waals surface area (Å²) in [7, 11) is 0. The van der Waals surface area contributed by atoms with Crippen molar-refractivity contribution < 1.29 is 4.79 Å². The van der Waals surface area contributed by atoms with Gasteiger partial charge in [-0.15, -0.1) is 0 Å². The fourth-order valence-corrected chi connectivity index (χ4v) is 2.62. The summed E-state index contributed by atoms with van der Waals surface area (Å²) in [5.74, 6) is 0.350. The van der Waals surface area contributed by atoms with Gasteiger partial charge in [-0.2, -0.15) is 0 Å². The monoisotopic (exact) mass is 254 g/mol. The Labute approximate surface area is 112 Å². The molecule has 0 aromatic rings. The molecule has 0 aliphatic carbocycles. The molecule has 1 saturated heterocycles. The number of carbonyl (C=O) groups is 1. The normalized spacial score (nSPS) is 20.9. The Morgan fingerprint density at radius 3 is 2.06 bits per heavy atom. The predicted octanol–water partition coefficient (Wildman–Crippen LogP) is 3.08. The molecule has 0 spiro atoms. The lowest BCUT2D eigenvalue weighted by atomic mass is 10.1. The molecule has 1 aliphatic heterocycles. The van der Waals surface area contributed by atoms with E-state index < -0.39 is 0 Å². The van der Waals surface area contributed by atoms with Gasteiger partial charge in [0.05, 0.1) is 0 Å². The van der Waals surface area contributed by atoms with E-state index >= 15 is 0 Å². The van der Waals surface area contributed by atoms with E-state index in [4.69, 9.17) is 5.73 Å². The van der Waals surface area contributed by atoms with E-state index in [0.29, 0.717) is 12.5 Å². The van der Waals surface area contributed by atoms with E-state index in [1.807, 2.05) is 4.90 Å². The lowest BCUT2D eigenvalue weighted by Gasteiger charge is -2.22. The van der Waals surface area contributed by atoms with Crippen molar-refractivity contribution in [3.05, 3.63) is 0 Å². The molecule has 2 N–H and O–H groups in total. The Morgan fingerprint density at radius 1 is 0.889 bits per heavy atom. The fraction of sp³-hybridized carbons (Fsp3) is 0.933. The van der Waals surface area contributed by atoms with Crippen LogP contribution in [-0.4, -0.2) is 30.4 Å². The minimum Gasteiger partial charge on any atom is -0.343 e. The summed E-state index contributed by atoms with van der Waals surface area (Å²) in [6.07, 6.45) is 13.1. The van der Waals surface area contributed by atoms with Crippen molar-refractivity contribution in [3.8, 4) is 0 Å². The summed E-state index contributed by atoms with van der Waals surface area (Å²) in [5.41, 5.74) is 5.55. The highest BCUT2D eigenvalue weighted by molar-refractivity contribution is 5.76. The van der Waals surface area contributed by atoms with Crippen molar-refractivity contribution in [3.63, 3.8) is 0 Å². The van der Waals surface area contributed by atoms with Crippen LogP contribution in [0.15, 0.2) is 0 Å². The molecule has 1 heterocycles. The second kappa shape index (κ2) is 10.4. The second-order valence-electron chi connectivity index (χ2n) is 5.45. The summed E-state index contributed by atoms with van der Waals surface area (Å²) in [5, 5.41) is 0. The van der Waals surface area contributed by atoms with Crippen molar-refractivity contribution in [2.45, 2.75) is 70.6 Å². The van der Waals surface area contributed by atoms with Gasteiger partial charge in [-0.1, -0.05) is 44.9 Å². The van der Waals surface area contributed by atoms with Crippen molar-refractivity contribution >= 4 is 5.91 Å². The first kappa shape index (κ1) is 15.5. The second-order valence-corrected chi connectivity index (χ2v) is 5.45. The zero-order valence-electron chi connectivity index (χ0n) is 11.8. The van der Waals surface area contributed by atoms with Gasteiger partial charge in [0.1, 0.15) is 0 Å². The molecule has 0 saturated carbocycles. The zero-order valence-corrected chi connectivity index (χ0v) is 11.8. The van der Waals surface area contributed by atoms with Gasteiger partial charge in [0.15, 0.2) is 0 Å². The van der Waals surface area contributed by atoms with Gasteiger partial charge in [0.2, 0.25) is 5.91 Å². The van der Waals surface area contributed by atoms with Crippen LogP contribution in [0.3, 0.4) is 0 Å². The number of amides is 1. The van der Waals surface area contributed by atoms with Gasteiger partial charge in [0.25, 0.3) is 0 Å². The number of nitrogens with zero attached hydrogens (tertiary/aromatic N) is 1. The van der Waals surface area contributed by atoms with E-state index in [0.717, 1.165) is 38.8 Å². The van der Waals surface area contributed by atoms with E-state index in [9.17, 15) is 4.79 Å². The lowest BCUT2D eigenvalue weighted by molar-refractivity contribution is -0.131. The molecule has 1 amide bonds. The Bertz CT molecular complexity index is 219. The van der Waals surface area contributed by atoms with E-state index in [-0.39, 0.29) is 0 Å². The molecule has 0 atom stereocenters. The van der Waals surface area contributed by atoms with Crippen molar-refractivity contribution in [2.24, 2.45) is 5.73 Å². The van der Waals surface area contributed by atoms with Crippen LogP contribution in [-0.2, 0) is 4.79 Å². The predicted molar refractivity (Wildman–Crippen MR) is 76.4 cm³/mol. The molecule has 18 heavy (non-hydrogen) atoms. The Balaban J connectivity index is 2.37. The van der Waals surface area contributed by atoms with E-state index in [1.54, 1.807) is 0 Å². The van der Waals surface area contributed by atoms with Crippen LogP contribution in [0.25, 0.3) is 0 Å². The maximum atomic E-state index is 12.1. The first-order chi connectivity index (χ1) is 8.84. The van der Waals surface area contributed by atoms with Crippen LogP contribution in [0.4, 0.5) is 0 Å². The highest BCUT2D eigenvalue weighted by atomic mass is 16.2. The van der Waals surface area contributed by atoms with Gasteiger partial charge in [-0.05, 0) is 25.8 Å². The Hall–Kier alpha value is -0.570. The average Bonchev–Trinajstić information content (AvgIpc) is 2.40.